The van der Waals surface area contributed by atoms with Gasteiger partial charge in [0.15, 0.2) is 0 Å². The van der Waals surface area contributed by atoms with Crippen molar-refractivity contribution < 1.29 is 14.6 Å². The van der Waals surface area contributed by atoms with Crippen LogP contribution in [0.15, 0.2) is 30.3 Å². The molecule has 2 bridgehead atoms. The number of carbonyl (C=O) groups excluding carboxylic acids is 1. The van der Waals surface area contributed by atoms with Gasteiger partial charge in [0.05, 0.1) is 12.7 Å². The second-order valence-electron chi connectivity index (χ2n) is 5.49. The zero-order chi connectivity index (χ0) is 13.7. The van der Waals surface area contributed by atoms with E-state index in [9.17, 15) is 9.90 Å². The lowest BCUT2D eigenvalue weighted by molar-refractivity contribution is -0.222. The summed E-state index contributed by atoms with van der Waals surface area (Å²) in [6.45, 7) is 0. The molecule has 2 aliphatic carbocycles. The first kappa shape index (κ1) is 13.1. The van der Waals surface area contributed by atoms with Crippen molar-refractivity contribution in [3.63, 3.8) is 0 Å². The van der Waals surface area contributed by atoms with Crippen molar-refractivity contribution in [3.8, 4) is 0 Å². The lowest BCUT2D eigenvalue weighted by Gasteiger charge is -2.65. The van der Waals surface area contributed by atoms with Crippen LogP contribution in [0.4, 0.5) is 0 Å². The third-order valence-electron chi connectivity index (χ3n) is 4.80. The number of ether oxygens (including phenoxy) is 1. The molecule has 2 aliphatic rings. The summed E-state index contributed by atoms with van der Waals surface area (Å²) < 4.78 is 4.21. The van der Waals surface area contributed by atoms with Gasteiger partial charge < -0.3 is 9.84 Å². The van der Waals surface area contributed by atoms with Crippen LogP contribution in [0.5, 0.6) is 0 Å². The lowest BCUT2D eigenvalue weighted by atomic mass is 9.45. The summed E-state index contributed by atoms with van der Waals surface area (Å²) in [7, 11) is 1.40. The normalized spacial score (nSPS) is 40.4. The van der Waals surface area contributed by atoms with E-state index in [4.69, 9.17) is 4.74 Å². The molecule has 1 aromatic carbocycles. The Balaban J connectivity index is 2.02. The number of fused-ring (bicyclic) bond motifs is 2. The maximum absolute atomic E-state index is 12.1. The van der Waals surface area contributed by atoms with E-state index in [1.807, 2.05) is 30.3 Å². The fourth-order valence-corrected chi connectivity index (χ4v) is 5.28. The lowest BCUT2D eigenvalue weighted by Crippen LogP contribution is -2.73. The number of methoxy groups -OCH3 is 1. The van der Waals surface area contributed by atoms with Crippen LogP contribution in [0.2, 0.25) is 0 Å². The first-order valence-electron chi connectivity index (χ1n) is 6.61. The summed E-state index contributed by atoms with van der Waals surface area (Å²) >= 11 is 3.58. The number of benzene rings is 1. The molecule has 0 radical (unpaired) electrons. The molecule has 19 heavy (non-hydrogen) atoms. The van der Waals surface area contributed by atoms with Crippen molar-refractivity contribution in [1.82, 2.24) is 0 Å². The number of hydrogen-bond donors (Lipinski definition) is 1. The SMILES string of the molecule is COC(=O)C1(Br)C2CCCC1C2(O)c1ccccc1. The highest BCUT2D eigenvalue weighted by Gasteiger charge is 2.74. The molecule has 2 fully saturated rings. The molecule has 3 nitrogen and oxygen atoms in total. The Hall–Kier alpha value is -0.870. The molecule has 102 valence electrons. The maximum atomic E-state index is 12.1. The molecule has 0 aromatic heterocycles. The molecule has 2 atom stereocenters. The zero-order valence-corrected chi connectivity index (χ0v) is 12.4. The van der Waals surface area contributed by atoms with Gasteiger partial charge in [-0.2, -0.15) is 0 Å². The Morgan fingerprint density at radius 3 is 2.42 bits per heavy atom. The van der Waals surface area contributed by atoms with Crippen molar-refractivity contribution in [2.24, 2.45) is 11.8 Å². The summed E-state index contributed by atoms with van der Waals surface area (Å²) in [5.74, 6) is -0.495. The van der Waals surface area contributed by atoms with Crippen molar-refractivity contribution >= 4 is 21.9 Å². The molecule has 3 rings (SSSR count). The van der Waals surface area contributed by atoms with Crippen molar-refractivity contribution in [2.45, 2.75) is 29.2 Å². The summed E-state index contributed by atoms with van der Waals surface area (Å²) in [6, 6.07) is 9.66. The van der Waals surface area contributed by atoms with Gasteiger partial charge in [-0.25, -0.2) is 0 Å². The van der Waals surface area contributed by atoms with E-state index >= 15 is 0 Å². The van der Waals surface area contributed by atoms with E-state index in [1.54, 1.807) is 0 Å². The Kier molecular flexibility index (Phi) is 2.98. The molecule has 0 saturated heterocycles. The second kappa shape index (κ2) is 4.32. The smallest absolute Gasteiger partial charge is 0.323 e. The number of hydrogen-bond acceptors (Lipinski definition) is 3. The number of rotatable bonds is 2. The van der Waals surface area contributed by atoms with Crippen molar-refractivity contribution in [3.05, 3.63) is 35.9 Å². The second-order valence-corrected chi connectivity index (χ2v) is 6.80. The first-order valence-corrected chi connectivity index (χ1v) is 7.40. The van der Waals surface area contributed by atoms with E-state index in [0.29, 0.717) is 0 Å². The van der Waals surface area contributed by atoms with Crippen molar-refractivity contribution in [1.29, 1.82) is 0 Å². The minimum Gasteiger partial charge on any atom is -0.468 e. The van der Waals surface area contributed by atoms with Gasteiger partial charge >= 0.3 is 5.97 Å². The van der Waals surface area contributed by atoms with Gasteiger partial charge in [-0.15, -0.1) is 0 Å². The Bertz CT molecular complexity index is 487. The van der Waals surface area contributed by atoms with Gasteiger partial charge in [0.2, 0.25) is 0 Å². The van der Waals surface area contributed by atoms with Gasteiger partial charge in [-0.3, -0.25) is 4.79 Å². The van der Waals surface area contributed by atoms with Gasteiger partial charge in [0.25, 0.3) is 0 Å². The van der Waals surface area contributed by atoms with E-state index in [1.165, 1.54) is 7.11 Å². The first-order chi connectivity index (χ1) is 9.06. The fraction of sp³-hybridized carbons (Fsp3) is 0.533. The van der Waals surface area contributed by atoms with Gasteiger partial charge in [-0.1, -0.05) is 52.7 Å². The summed E-state index contributed by atoms with van der Waals surface area (Å²) in [5.41, 5.74) is 0.000628. The molecule has 1 N–H and O–H groups in total. The minimum absolute atomic E-state index is 0.117. The third kappa shape index (κ3) is 1.50. The van der Waals surface area contributed by atoms with Crippen LogP contribution < -0.4 is 0 Å². The molecule has 2 saturated carbocycles. The average molecular weight is 325 g/mol. The number of halogens is 1. The van der Waals surface area contributed by atoms with Crippen LogP contribution in [0.3, 0.4) is 0 Å². The van der Waals surface area contributed by atoms with Crippen LogP contribution in [0.1, 0.15) is 24.8 Å². The van der Waals surface area contributed by atoms with Crippen LogP contribution in [0.25, 0.3) is 0 Å². The Morgan fingerprint density at radius 1 is 1.32 bits per heavy atom. The van der Waals surface area contributed by atoms with Gasteiger partial charge in [0.1, 0.15) is 4.32 Å². The summed E-state index contributed by atoms with van der Waals surface area (Å²) in [6.07, 6.45) is 2.72. The monoisotopic (exact) mass is 324 g/mol. The zero-order valence-electron chi connectivity index (χ0n) is 10.8. The van der Waals surface area contributed by atoms with Crippen LogP contribution in [0, 0.1) is 11.8 Å². The van der Waals surface area contributed by atoms with Crippen LogP contribution in [-0.2, 0) is 15.1 Å². The Morgan fingerprint density at radius 2 is 1.89 bits per heavy atom. The Labute approximate surface area is 121 Å². The molecule has 0 amide bonds. The van der Waals surface area contributed by atoms with Crippen LogP contribution >= 0.6 is 15.9 Å². The molecular formula is C15H17BrO3. The molecule has 4 heteroatoms. The number of alkyl halides is 1. The number of aliphatic hydroxyl groups is 1. The quantitative estimate of drug-likeness (QED) is 0.672. The van der Waals surface area contributed by atoms with Gasteiger partial charge in [-0.05, 0) is 18.4 Å². The van der Waals surface area contributed by atoms with E-state index < -0.39 is 9.93 Å². The highest BCUT2D eigenvalue weighted by Crippen LogP contribution is 2.68. The van der Waals surface area contributed by atoms with Crippen molar-refractivity contribution in [2.75, 3.05) is 7.11 Å². The predicted octanol–water partition coefficient (Wildman–Crippen LogP) is 2.61. The summed E-state index contributed by atoms with van der Waals surface area (Å²) in [4.78, 5) is 12.1. The average Bonchev–Trinajstić information content (AvgIpc) is 2.48. The van der Waals surface area contributed by atoms with E-state index in [2.05, 4.69) is 15.9 Å². The van der Waals surface area contributed by atoms with E-state index in [0.717, 1.165) is 24.8 Å². The largest absolute Gasteiger partial charge is 0.468 e. The third-order valence-corrected chi connectivity index (χ3v) is 6.23. The topological polar surface area (TPSA) is 46.5 Å². The molecular weight excluding hydrogens is 308 g/mol. The maximum Gasteiger partial charge on any atom is 0.323 e. The van der Waals surface area contributed by atoms with Crippen LogP contribution in [-0.4, -0.2) is 22.5 Å². The molecule has 2 unspecified atom stereocenters. The molecule has 1 aromatic rings. The predicted molar refractivity (Wildman–Crippen MR) is 74.8 cm³/mol. The fourth-order valence-electron chi connectivity index (χ4n) is 3.96. The highest BCUT2D eigenvalue weighted by molar-refractivity contribution is 9.10. The minimum atomic E-state index is -0.906. The standard InChI is InChI=1S/C15H17BrO3/c1-19-13(17)14(16)11-8-5-9-12(14)15(11,18)10-6-3-2-4-7-10/h2-4,6-7,11-12,18H,5,8-9H2,1H3. The molecule has 0 aliphatic heterocycles. The molecule has 0 spiro atoms. The number of carbonyl (C=O) groups is 1. The number of esters is 1. The molecule has 0 heterocycles. The van der Waals surface area contributed by atoms with Gasteiger partial charge in [0, 0.05) is 11.8 Å². The highest BCUT2D eigenvalue weighted by atomic mass is 79.9. The summed E-state index contributed by atoms with van der Waals surface area (Å²) in [5, 5.41) is 11.1. The van der Waals surface area contributed by atoms with E-state index in [-0.39, 0.29) is 17.8 Å².